The molecule has 1 unspecified atom stereocenters. The maximum absolute atomic E-state index is 6.16. The van der Waals surface area contributed by atoms with Crippen LogP contribution in [-0.4, -0.2) is 11.6 Å². The number of hydrogen-bond donors (Lipinski definition) is 1. The van der Waals surface area contributed by atoms with Crippen molar-refractivity contribution in [2.45, 2.75) is 32.2 Å². The zero-order valence-corrected chi connectivity index (χ0v) is 11.9. The number of ether oxygens (including phenoxy) is 1. The minimum Gasteiger partial charge on any atom is -0.494 e. The summed E-state index contributed by atoms with van der Waals surface area (Å²) in [5, 5.41) is 1.06. The van der Waals surface area contributed by atoms with Crippen molar-refractivity contribution in [2.24, 2.45) is 5.73 Å². The van der Waals surface area contributed by atoms with E-state index in [4.69, 9.17) is 15.5 Å². The van der Waals surface area contributed by atoms with Crippen LogP contribution in [0.15, 0.2) is 24.3 Å². The van der Waals surface area contributed by atoms with Crippen molar-refractivity contribution in [1.29, 1.82) is 0 Å². The van der Waals surface area contributed by atoms with Crippen LogP contribution in [0, 0.1) is 0 Å². The second-order valence-electron chi connectivity index (χ2n) is 4.79. The normalized spacial score (nSPS) is 18.1. The number of hydrogen-bond acceptors (Lipinski definition) is 4. The first kappa shape index (κ1) is 12.6. The number of fused-ring (bicyclic) bond motifs is 1. The molecule has 19 heavy (non-hydrogen) atoms. The molecule has 0 saturated carbocycles. The third kappa shape index (κ3) is 2.51. The third-order valence-corrected chi connectivity index (χ3v) is 4.66. The molecule has 0 saturated heterocycles. The first-order chi connectivity index (χ1) is 9.28. The monoisotopic (exact) mass is 274 g/mol. The highest BCUT2D eigenvalue weighted by Gasteiger charge is 2.22. The van der Waals surface area contributed by atoms with Crippen LogP contribution in [0.1, 0.15) is 36.4 Å². The van der Waals surface area contributed by atoms with Crippen LogP contribution in [0.2, 0.25) is 0 Å². The van der Waals surface area contributed by atoms with Gasteiger partial charge in [-0.2, -0.15) is 0 Å². The lowest BCUT2D eigenvalue weighted by atomic mass is 9.99. The molecule has 1 aliphatic carbocycles. The molecular formula is C15H18N2OS. The average Bonchev–Trinajstić information content (AvgIpc) is 2.85. The lowest BCUT2D eigenvalue weighted by Crippen LogP contribution is -2.15. The summed E-state index contributed by atoms with van der Waals surface area (Å²) in [6, 6.07) is 8.30. The fraction of sp³-hybridized carbons (Fsp3) is 0.400. The predicted molar refractivity (Wildman–Crippen MR) is 78.6 cm³/mol. The Bertz CT molecular complexity index is 579. The third-order valence-electron chi connectivity index (χ3n) is 3.39. The van der Waals surface area contributed by atoms with Crippen molar-refractivity contribution in [3.63, 3.8) is 0 Å². The Kier molecular flexibility index (Phi) is 3.53. The standard InChI is InChI=1S/C15H18N2OS/c1-2-18-11-6-3-5-10(9-11)15-17-13-8-4-7-12(16)14(13)19-15/h3,5-6,9,12H,2,4,7-8,16H2,1H3. The van der Waals surface area contributed by atoms with Crippen molar-refractivity contribution >= 4 is 11.3 Å². The second kappa shape index (κ2) is 5.31. The molecule has 100 valence electrons. The highest BCUT2D eigenvalue weighted by molar-refractivity contribution is 7.15. The molecular weight excluding hydrogens is 256 g/mol. The minimum absolute atomic E-state index is 0.171. The van der Waals surface area contributed by atoms with Gasteiger partial charge in [-0.3, -0.25) is 0 Å². The highest BCUT2D eigenvalue weighted by atomic mass is 32.1. The maximum Gasteiger partial charge on any atom is 0.124 e. The molecule has 0 radical (unpaired) electrons. The first-order valence-corrected chi connectivity index (χ1v) is 7.58. The topological polar surface area (TPSA) is 48.1 Å². The van der Waals surface area contributed by atoms with Gasteiger partial charge in [0.25, 0.3) is 0 Å². The Morgan fingerprint density at radius 1 is 1.47 bits per heavy atom. The molecule has 0 spiro atoms. The SMILES string of the molecule is CCOc1cccc(-c2nc3c(s2)C(N)CCC3)c1. The largest absolute Gasteiger partial charge is 0.494 e. The van der Waals surface area contributed by atoms with Gasteiger partial charge in [0.15, 0.2) is 0 Å². The van der Waals surface area contributed by atoms with Crippen LogP contribution in [0.3, 0.4) is 0 Å². The lowest BCUT2D eigenvalue weighted by Gasteiger charge is -2.15. The number of nitrogens with two attached hydrogens (primary N) is 1. The summed E-state index contributed by atoms with van der Waals surface area (Å²) in [6.07, 6.45) is 3.29. The number of aromatic nitrogens is 1. The fourth-order valence-corrected chi connectivity index (χ4v) is 3.61. The zero-order valence-electron chi connectivity index (χ0n) is 11.1. The van der Waals surface area contributed by atoms with E-state index in [9.17, 15) is 0 Å². The van der Waals surface area contributed by atoms with Crippen molar-refractivity contribution in [2.75, 3.05) is 6.61 Å². The van der Waals surface area contributed by atoms with Gasteiger partial charge < -0.3 is 10.5 Å². The van der Waals surface area contributed by atoms with Gasteiger partial charge in [-0.05, 0) is 38.3 Å². The number of rotatable bonds is 3. The van der Waals surface area contributed by atoms with Crippen LogP contribution in [0.4, 0.5) is 0 Å². The van der Waals surface area contributed by atoms with Crippen molar-refractivity contribution in [3.05, 3.63) is 34.8 Å². The lowest BCUT2D eigenvalue weighted by molar-refractivity contribution is 0.340. The van der Waals surface area contributed by atoms with Crippen molar-refractivity contribution < 1.29 is 4.74 Å². The van der Waals surface area contributed by atoms with E-state index in [0.29, 0.717) is 6.61 Å². The molecule has 0 fully saturated rings. The van der Waals surface area contributed by atoms with E-state index in [2.05, 4.69) is 12.1 Å². The highest BCUT2D eigenvalue weighted by Crippen LogP contribution is 2.37. The molecule has 2 N–H and O–H groups in total. The zero-order chi connectivity index (χ0) is 13.2. The summed E-state index contributed by atoms with van der Waals surface area (Å²) in [7, 11) is 0. The quantitative estimate of drug-likeness (QED) is 0.931. The van der Waals surface area contributed by atoms with Crippen LogP contribution in [0.25, 0.3) is 10.6 Å². The van der Waals surface area contributed by atoms with Gasteiger partial charge in [0.2, 0.25) is 0 Å². The average molecular weight is 274 g/mol. The summed E-state index contributed by atoms with van der Waals surface area (Å²) in [5.41, 5.74) is 8.48. The summed E-state index contributed by atoms with van der Waals surface area (Å²) < 4.78 is 5.54. The minimum atomic E-state index is 0.171. The maximum atomic E-state index is 6.16. The molecule has 1 aromatic heterocycles. The molecule has 1 aromatic carbocycles. The summed E-state index contributed by atoms with van der Waals surface area (Å²) >= 11 is 1.73. The Balaban J connectivity index is 1.96. The summed E-state index contributed by atoms with van der Waals surface area (Å²) in [6.45, 7) is 2.68. The van der Waals surface area contributed by atoms with E-state index >= 15 is 0 Å². The molecule has 4 heteroatoms. The summed E-state index contributed by atoms with van der Waals surface area (Å²) in [4.78, 5) is 6.02. The first-order valence-electron chi connectivity index (χ1n) is 6.76. The molecule has 0 bridgehead atoms. The molecule has 0 amide bonds. The van der Waals surface area contributed by atoms with E-state index in [1.54, 1.807) is 11.3 Å². The van der Waals surface area contributed by atoms with Gasteiger partial charge in [-0.25, -0.2) is 4.98 Å². The Morgan fingerprint density at radius 3 is 3.16 bits per heavy atom. The molecule has 2 aromatic rings. The molecule has 3 nitrogen and oxygen atoms in total. The Labute approximate surface area is 117 Å². The van der Waals surface area contributed by atoms with Gasteiger partial charge in [-0.15, -0.1) is 11.3 Å². The molecule has 3 rings (SSSR count). The van der Waals surface area contributed by atoms with Crippen LogP contribution >= 0.6 is 11.3 Å². The van der Waals surface area contributed by atoms with Gasteiger partial charge >= 0.3 is 0 Å². The van der Waals surface area contributed by atoms with Gasteiger partial charge in [0, 0.05) is 16.5 Å². The number of nitrogens with zero attached hydrogens (tertiary/aromatic N) is 1. The Hall–Kier alpha value is -1.39. The molecule has 1 atom stereocenters. The van der Waals surface area contributed by atoms with Crippen LogP contribution < -0.4 is 10.5 Å². The van der Waals surface area contributed by atoms with Gasteiger partial charge in [0.05, 0.1) is 12.3 Å². The van der Waals surface area contributed by atoms with Crippen molar-refractivity contribution in [1.82, 2.24) is 4.98 Å². The number of benzene rings is 1. The molecule has 1 heterocycles. The van der Waals surface area contributed by atoms with Gasteiger partial charge in [-0.1, -0.05) is 12.1 Å². The number of thiazole rings is 1. The van der Waals surface area contributed by atoms with E-state index < -0.39 is 0 Å². The van der Waals surface area contributed by atoms with Gasteiger partial charge in [0.1, 0.15) is 10.8 Å². The van der Waals surface area contributed by atoms with E-state index in [0.717, 1.165) is 35.6 Å². The van der Waals surface area contributed by atoms with Crippen LogP contribution in [0.5, 0.6) is 5.75 Å². The van der Waals surface area contributed by atoms with E-state index in [1.807, 2.05) is 19.1 Å². The van der Waals surface area contributed by atoms with Crippen LogP contribution in [-0.2, 0) is 6.42 Å². The molecule has 0 aliphatic heterocycles. The van der Waals surface area contributed by atoms with E-state index in [1.165, 1.54) is 10.6 Å². The van der Waals surface area contributed by atoms with Crippen molar-refractivity contribution in [3.8, 4) is 16.3 Å². The number of aryl methyl sites for hydroxylation is 1. The van der Waals surface area contributed by atoms with E-state index in [-0.39, 0.29) is 6.04 Å². The Morgan fingerprint density at radius 2 is 2.37 bits per heavy atom. The second-order valence-corrected chi connectivity index (χ2v) is 5.82. The fourth-order valence-electron chi connectivity index (χ4n) is 2.46. The predicted octanol–water partition coefficient (Wildman–Crippen LogP) is 3.54. The smallest absolute Gasteiger partial charge is 0.124 e. The summed E-state index contributed by atoms with van der Waals surface area (Å²) in [5.74, 6) is 0.900. The molecule has 1 aliphatic rings.